The third-order valence-electron chi connectivity index (χ3n) is 2.90. The van der Waals surface area contributed by atoms with Crippen LogP contribution in [0.15, 0.2) is 36.9 Å². The maximum Gasteiger partial charge on any atom is 0.0314 e. The molecule has 0 aliphatic heterocycles. The van der Waals surface area contributed by atoms with Crippen LogP contribution in [0.5, 0.6) is 0 Å². The molecule has 1 rings (SSSR count). The Balaban J connectivity index is 2.80. The van der Waals surface area contributed by atoms with Gasteiger partial charge >= 0.3 is 0 Å². The summed E-state index contributed by atoms with van der Waals surface area (Å²) < 4.78 is 0. The molecule has 17 heavy (non-hydrogen) atoms. The van der Waals surface area contributed by atoms with Gasteiger partial charge in [-0.1, -0.05) is 25.1 Å². The topological polar surface area (TPSA) is 26.0 Å². The van der Waals surface area contributed by atoms with E-state index in [0.29, 0.717) is 5.70 Å². The monoisotopic (exact) mass is 229 g/mol. The standard InChI is InChI=1S/C16H23N/c1-5-14-9-15(8-6-7-12(2)3)11-16(10-14)13(4)17/h9-11H,2,4-8,17H2,1,3H3. The fraction of sp³-hybridized carbons (Fsp3) is 0.375. The number of nitrogens with two attached hydrogens (primary N) is 1. The molecule has 1 aromatic rings. The summed E-state index contributed by atoms with van der Waals surface area (Å²) in [7, 11) is 0. The normalized spacial score (nSPS) is 10.2. The van der Waals surface area contributed by atoms with E-state index >= 15 is 0 Å². The van der Waals surface area contributed by atoms with Crippen molar-refractivity contribution in [2.45, 2.75) is 39.5 Å². The average molecular weight is 229 g/mol. The lowest BCUT2D eigenvalue weighted by Gasteiger charge is -2.09. The predicted octanol–water partition coefficient (Wildman–Crippen LogP) is 4.08. The van der Waals surface area contributed by atoms with Crippen LogP contribution in [0.2, 0.25) is 0 Å². The number of benzene rings is 1. The van der Waals surface area contributed by atoms with Crippen LogP contribution in [0.4, 0.5) is 0 Å². The Hall–Kier alpha value is -1.50. The molecular formula is C16H23N. The molecule has 0 saturated heterocycles. The van der Waals surface area contributed by atoms with Gasteiger partial charge < -0.3 is 5.73 Å². The molecule has 1 heteroatoms. The predicted molar refractivity (Wildman–Crippen MR) is 76.8 cm³/mol. The van der Waals surface area contributed by atoms with Gasteiger partial charge in [-0.05, 0) is 61.4 Å². The van der Waals surface area contributed by atoms with Gasteiger partial charge in [-0.25, -0.2) is 0 Å². The van der Waals surface area contributed by atoms with E-state index in [1.807, 2.05) is 0 Å². The first-order valence-corrected chi connectivity index (χ1v) is 6.25. The molecule has 0 fully saturated rings. The Morgan fingerprint density at radius 3 is 2.35 bits per heavy atom. The van der Waals surface area contributed by atoms with E-state index in [0.717, 1.165) is 31.2 Å². The van der Waals surface area contributed by atoms with Crippen molar-refractivity contribution in [2.75, 3.05) is 0 Å². The molecule has 0 aliphatic carbocycles. The molecule has 0 amide bonds. The Kier molecular flexibility index (Phi) is 5.02. The second-order valence-corrected chi connectivity index (χ2v) is 4.73. The minimum Gasteiger partial charge on any atom is -0.399 e. The zero-order chi connectivity index (χ0) is 12.8. The van der Waals surface area contributed by atoms with Crippen molar-refractivity contribution in [2.24, 2.45) is 5.73 Å². The molecule has 0 bridgehead atoms. The van der Waals surface area contributed by atoms with Gasteiger partial charge in [0.25, 0.3) is 0 Å². The zero-order valence-corrected chi connectivity index (χ0v) is 11.1. The Bertz CT molecular complexity index is 416. The highest BCUT2D eigenvalue weighted by atomic mass is 14.6. The third-order valence-corrected chi connectivity index (χ3v) is 2.90. The Labute approximate surface area is 105 Å². The fourth-order valence-electron chi connectivity index (χ4n) is 1.89. The maximum absolute atomic E-state index is 5.77. The summed E-state index contributed by atoms with van der Waals surface area (Å²) in [6, 6.07) is 6.55. The minimum atomic E-state index is 0.654. The van der Waals surface area contributed by atoms with Crippen LogP contribution in [0.1, 0.15) is 43.4 Å². The van der Waals surface area contributed by atoms with Crippen LogP contribution < -0.4 is 5.73 Å². The summed E-state index contributed by atoms with van der Waals surface area (Å²) in [6.45, 7) is 12.0. The van der Waals surface area contributed by atoms with Crippen LogP contribution in [0.3, 0.4) is 0 Å². The van der Waals surface area contributed by atoms with Gasteiger partial charge in [0.1, 0.15) is 0 Å². The summed E-state index contributed by atoms with van der Waals surface area (Å²) in [5, 5.41) is 0. The molecule has 0 unspecified atom stereocenters. The second-order valence-electron chi connectivity index (χ2n) is 4.73. The zero-order valence-electron chi connectivity index (χ0n) is 11.1. The van der Waals surface area contributed by atoms with E-state index in [9.17, 15) is 0 Å². The first-order valence-electron chi connectivity index (χ1n) is 6.25. The van der Waals surface area contributed by atoms with Crippen LogP contribution in [-0.4, -0.2) is 0 Å². The van der Waals surface area contributed by atoms with Crippen molar-refractivity contribution in [3.8, 4) is 0 Å². The van der Waals surface area contributed by atoms with Crippen molar-refractivity contribution in [1.82, 2.24) is 0 Å². The quantitative estimate of drug-likeness (QED) is 0.731. The Morgan fingerprint density at radius 1 is 1.18 bits per heavy atom. The number of rotatable bonds is 6. The first kappa shape index (κ1) is 13.6. The lowest BCUT2D eigenvalue weighted by molar-refractivity contribution is 0.812. The van der Waals surface area contributed by atoms with Crippen LogP contribution in [0, 0.1) is 0 Å². The van der Waals surface area contributed by atoms with Crippen molar-refractivity contribution in [3.63, 3.8) is 0 Å². The number of hydrogen-bond donors (Lipinski definition) is 1. The first-order chi connectivity index (χ1) is 8.02. The van der Waals surface area contributed by atoms with Gasteiger partial charge in [-0.15, -0.1) is 6.58 Å². The van der Waals surface area contributed by atoms with E-state index in [-0.39, 0.29) is 0 Å². The van der Waals surface area contributed by atoms with E-state index in [1.165, 1.54) is 16.7 Å². The molecule has 0 spiro atoms. The molecule has 1 nitrogen and oxygen atoms in total. The molecule has 0 atom stereocenters. The van der Waals surface area contributed by atoms with Gasteiger partial charge in [0.15, 0.2) is 0 Å². The van der Waals surface area contributed by atoms with Crippen molar-refractivity contribution in [3.05, 3.63) is 53.6 Å². The Morgan fingerprint density at radius 2 is 1.82 bits per heavy atom. The van der Waals surface area contributed by atoms with E-state index in [4.69, 9.17) is 5.73 Å². The summed E-state index contributed by atoms with van der Waals surface area (Å²) in [5.74, 6) is 0. The van der Waals surface area contributed by atoms with E-state index in [2.05, 4.69) is 45.2 Å². The van der Waals surface area contributed by atoms with Gasteiger partial charge in [-0.3, -0.25) is 0 Å². The van der Waals surface area contributed by atoms with Gasteiger partial charge in [0.2, 0.25) is 0 Å². The average Bonchev–Trinajstić information content (AvgIpc) is 2.28. The molecule has 0 saturated carbocycles. The van der Waals surface area contributed by atoms with E-state index in [1.54, 1.807) is 0 Å². The highest BCUT2D eigenvalue weighted by Gasteiger charge is 2.01. The molecule has 0 heterocycles. The smallest absolute Gasteiger partial charge is 0.0314 e. The molecule has 0 aliphatic rings. The lowest BCUT2D eigenvalue weighted by Crippen LogP contribution is -1.98. The van der Waals surface area contributed by atoms with Crippen molar-refractivity contribution in [1.29, 1.82) is 0 Å². The number of hydrogen-bond acceptors (Lipinski definition) is 1. The highest BCUT2D eigenvalue weighted by Crippen LogP contribution is 2.17. The minimum absolute atomic E-state index is 0.654. The summed E-state index contributed by atoms with van der Waals surface area (Å²) in [4.78, 5) is 0. The fourth-order valence-corrected chi connectivity index (χ4v) is 1.89. The molecule has 0 radical (unpaired) electrons. The maximum atomic E-state index is 5.77. The van der Waals surface area contributed by atoms with Crippen molar-refractivity contribution >= 4 is 5.70 Å². The summed E-state index contributed by atoms with van der Waals surface area (Å²) in [5.41, 5.74) is 11.4. The lowest BCUT2D eigenvalue weighted by atomic mass is 9.98. The van der Waals surface area contributed by atoms with Crippen LogP contribution >= 0.6 is 0 Å². The van der Waals surface area contributed by atoms with Gasteiger partial charge in [-0.2, -0.15) is 0 Å². The summed E-state index contributed by atoms with van der Waals surface area (Å²) in [6.07, 6.45) is 4.36. The number of aryl methyl sites for hydroxylation is 2. The van der Waals surface area contributed by atoms with Gasteiger partial charge in [0, 0.05) is 5.70 Å². The molecule has 1 aromatic carbocycles. The highest BCUT2D eigenvalue weighted by molar-refractivity contribution is 5.61. The number of allylic oxidation sites excluding steroid dienone is 1. The van der Waals surface area contributed by atoms with Crippen LogP contribution in [-0.2, 0) is 12.8 Å². The molecule has 92 valence electrons. The third kappa shape index (κ3) is 4.48. The molecular weight excluding hydrogens is 206 g/mol. The van der Waals surface area contributed by atoms with Crippen molar-refractivity contribution < 1.29 is 0 Å². The molecule has 0 aromatic heterocycles. The largest absolute Gasteiger partial charge is 0.399 e. The van der Waals surface area contributed by atoms with Crippen LogP contribution in [0.25, 0.3) is 5.70 Å². The SMILES string of the molecule is C=C(C)CCCc1cc(CC)cc(C(=C)N)c1. The molecule has 2 N–H and O–H groups in total. The second kappa shape index (κ2) is 6.29. The summed E-state index contributed by atoms with van der Waals surface area (Å²) >= 11 is 0. The van der Waals surface area contributed by atoms with Gasteiger partial charge in [0.05, 0.1) is 0 Å². The van der Waals surface area contributed by atoms with E-state index < -0.39 is 0 Å².